The van der Waals surface area contributed by atoms with Crippen LogP contribution in [0.15, 0.2) is 4.99 Å². The second-order valence-corrected chi connectivity index (χ2v) is 9.11. The lowest BCUT2D eigenvalue weighted by Gasteiger charge is -2.45. The van der Waals surface area contributed by atoms with Crippen molar-refractivity contribution in [3.05, 3.63) is 0 Å². The molecule has 2 saturated heterocycles. The fourth-order valence-corrected chi connectivity index (χ4v) is 5.79. The highest BCUT2D eigenvalue weighted by atomic mass is 127. The predicted molar refractivity (Wildman–Crippen MR) is 121 cm³/mol. The highest BCUT2D eigenvalue weighted by Crippen LogP contribution is 2.42. The summed E-state index contributed by atoms with van der Waals surface area (Å²) in [5, 5.41) is 3.54. The maximum atomic E-state index is 5.75. The van der Waals surface area contributed by atoms with E-state index in [4.69, 9.17) is 9.47 Å². The second-order valence-electron chi connectivity index (χ2n) is 7.55. The predicted octanol–water partition coefficient (Wildman–Crippen LogP) is 3.52. The van der Waals surface area contributed by atoms with Crippen molar-refractivity contribution >= 4 is 41.7 Å². The van der Waals surface area contributed by atoms with Crippen LogP contribution in [0.5, 0.6) is 0 Å². The van der Waals surface area contributed by atoms with E-state index in [9.17, 15) is 0 Å². The molecule has 3 fully saturated rings. The average molecular weight is 497 g/mol. The van der Waals surface area contributed by atoms with Crippen molar-refractivity contribution in [3.8, 4) is 0 Å². The number of thioether (sulfide) groups is 1. The van der Waals surface area contributed by atoms with E-state index in [2.05, 4.69) is 27.0 Å². The van der Waals surface area contributed by atoms with Crippen molar-refractivity contribution in [1.82, 2.24) is 10.2 Å². The minimum absolute atomic E-state index is 0. The molecule has 0 aromatic heterocycles. The first-order valence-corrected chi connectivity index (χ1v) is 11.1. The maximum absolute atomic E-state index is 5.75. The molecule has 0 radical (unpaired) electrons. The summed E-state index contributed by atoms with van der Waals surface area (Å²) in [7, 11) is 1.91. The summed E-state index contributed by atoms with van der Waals surface area (Å²) in [4.78, 5) is 7.01. The number of ether oxygens (including phenoxy) is 2. The molecule has 0 aromatic carbocycles. The molecule has 2 heterocycles. The van der Waals surface area contributed by atoms with Crippen molar-refractivity contribution in [3.63, 3.8) is 0 Å². The second kappa shape index (κ2) is 12.0. The monoisotopic (exact) mass is 497 g/mol. The smallest absolute Gasteiger partial charge is 0.193 e. The topological polar surface area (TPSA) is 46.1 Å². The van der Waals surface area contributed by atoms with E-state index in [1.807, 2.05) is 7.05 Å². The molecule has 0 amide bonds. The SMILES string of the molecule is CN=C(NCCCOCC1CCCO1)N1CCSC2(CCCCC2)C1.I. The molecule has 7 heteroatoms. The average Bonchev–Trinajstić information content (AvgIpc) is 3.15. The van der Waals surface area contributed by atoms with Crippen molar-refractivity contribution in [1.29, 1.82) is 0 Å². The van der Waals surface area contributed by atoms with E-state index in [1.165, 1.54) is 44.3 Å². The van der Waals surface area contributed by atoms with Gasteiger partial charge in [0.15, 0.2) is 5.96 Å². The van der Waals surface area contributed by atoms with Crippen molar-refractivity contribution in [2.24, 2.45) is 4.99 Å². The lowest BCUT2D eigenvalue weighted by molar-refractivity contribution is 0.0168. The summed E-state index contributed by atoms with van der Waals surface area (Å²) >= 11 is 2.21. The Hall–Kier alpha value is 0.270. The van der Waals surface area contributed by atoms with Crippen LogP contribution in [0.1, 0.15) is 51.4 Å². The normalized spacial score (nSPS) is 26.0. The lowest BCUT2D eigenvalue weighted by atomic mass is 9.87. The van der Waals surface area contributed by atoms with Crippen LogP contribution in [0.25, 0.3) is 0 Å². The van der Waals surface area contributed by atoms with Gasteiger partial charge in [0, 0.05) is 50.4 Å². The number of aliphatic imine (C=N–C) groups is 1. The molecular weight excluding hydrogens is 461 g/mol. The standard InChI is InChI=1S/C19H35N3O2S.HI/c1-20-18(21-10-6-12-23-15-17-7-5-13-24-17)22-11-14-25-19(16-22)8-3-2-4-9-19;/h17H,2-16H2,1H3,(H,20,21);1H. The molecule has 3 aliphatic rings. The van der Waals surface area contributed by atoms with Gasteiger partial charge in [0.25, 0.3) is 0 Å². The van der Waals surface area contributed by atoms with E-state index < -0.39 is 0 Å². The van der Waals surface area contributed by atoms with Crippen molar-refractivity contribution < 1.29 is 9.47 Å². The van der Waals surface area contributed by atoms with E-state index in [0.29, 0.717) is 10.9 Å². The van der Waals surface area contributed by atoms with Crippen LogP contribution >= 0.6 is 35.7 Å². The van der Waals surface area contributed by atoms with E-state index in [0.717, 1.165) is 58.3 Å². The summed E-state index contributed by atoms with van der Waals surface area (Å²) in [5.74, 6) is 2.30. The Morgan fingerprint density at radius 3 is 2.88 bits per heavy atom. The van der Waals surface area contributed by atoms with Gasteiger partial charge in [0.1, 0.15) is 0 Å². The number of nitrogens with zero attached hydrogens (tertiary/aromatic N) is 2. The van der Waals surface area contributed by atoms with Gasteiger partial charge in [-0.25, -0.2) is 0 Å². The molecule has 1 N–H and O–H groups in total. The Labute approximate surface area is 180 Å². The Kier molecular flexibility index (Phi) is 10.4. The fraction of sp³-hybridized carbons (Fsp3) is 0.947. The zero-order valence-corrected chi connectivity index (χ0v) is 19.4. The van der Waals surface area contributed by atoms with Crippen molar-refractivity contribution in [2.75, 3.05) is 52.3 Å². The molecule has 26 heavy (non-hydrogen) atoms. The Balaban J connectivity index is 0.00000243. The summed E-state index contributed by atoms with van der Waals surface area (Å²) in [6.07, 6.45) is 10.6. The summed E-state index contributed by atoms with van der Waals surface area (Å²) in [5.41, 5.74) is 0. The molecule has 1 spiro atoms. The number of rotatable bonds is 6. The van der Waals surface area contributed by atoms with Gasteiger partial charge >= 0.3 is 0 Å². The van der Waals surface area contributed by atoms with Gasteiger partial charge in [-0.3, -0.25) is 4.99 Å². The molecule has 5 nitrogen and oxygen atoms in total. The van der Waals surface area contributed by atoms with E-state index in [1.54, 1.807) is 0 Å². The Morgan fingerprint density at radius 2 is 2.15 bits per heavy atom. The third-order valence-electron chi connectivity index (χ3n) is 5.60. The van der Waals surface area contributed by atoms with Crippen LogP contribution in [0, 0.1) is 0 Å². The summed E-state index contributed by atoms with van der Waals surface area (Å²) < 4.78 is 11.8. The van der Waals surface area contributed by atoms with Gasteiger partial charge in [-0.2, -0.15) is 11.8 Å². The number of hydrogen-bond acceptors (Lipinski definition) is 4. The number of halogens is 1. The zero-order chi connectivity index (χ0) is 17.4. The van der Waals surface area contributed by atoms with Crippen LogP contribution in [0.3, 0.4) is 0 Å². The number of guanidine groups is 1. The summed E-state index contributed by atoms with van der Waals surface area (Å²) in [6.45, 7) is 5.65. The van der Waals surface area contributed by atoms with Gasteiger partial charge in [-0.1, -0.05) is 19.3 Å². The fourth-order valence-electron chi connectivity index (χ4n) is 4.22. The van der Waals surface area contributed by atoms with Gasteiger partial charge in [0.2, 0.25) is 0 Å². The first kappa shape index (κ1) is 22.6. The molecule has 2 aliphatic heterocycles. The van der Waals surface area contributed by atoms with Gasteiger partial charge < -0.3 is 19.7 Å². The van der Waals surface area contributed by atoms with Crippen LogP contribution in [0.4, 0.5) is 0 Å². The highest BCUT2D eigenvalue weighted by Gasteiger charge is 2.38. The van der Waals surface area contributed by atoms with Crippen molar-refractivity contribution in [2.45, 2.75) is 62.2 Å². The van der Waals surface area contributed by atoms with Gasteiger partial charge in [-0.05, 0) is 32.1 Å². The molecule has 0 aromatic rings. The summed E-state index contributed by atoms with van der Waals surface area (Å²) in [6, 6.07) is 0. The highest BCUT2D eigenvalue weighted by molar-refractivity contribution is 14.0. The third kappa shape index (κ3) is 6.71. The number of hydrogen-bond donors (Lipinski definition) is 1. The minimum atomic E-state index is 0. The van der Waals surface area contributed by atoms with E-state index >= 15 is 0 Å². The van der Waals surface area contributed by atoms with E-state index in [-0.39, 0.29) is 24.0 Å². The minimum Gasteiger partial charge on any atom is -0.379 e. The maximum Gasteiger partial charge on any atom is 0.193 e. The van der Waals surface area contributed by atoms with Crippen LogP contribution in [-0.2, 0) is 9.47 Å². The molecule has 3 rings (SSSR count). The molecular formula is C19H36IN3O2S. The molecule has 1 saturated carbocycles. The zero-order valence-electron chi connectivity index (χ0n) is 16.2. The molecule has 1 aliphatic carbocycles. The largest absolute Gasteiger partial charge is 0.379 e. The quantitative estimate of drug-likeness (QED) is 0.264. The van der Waals surface area contributed by atoms with Crippen LogP contribution in [0.2, 0.25) is 0 Å². The molecule has 152 valence electrons. The van der Waals surface area contributed by atoms with Gasteiger partial charge in [-0.15, -0.1) is 24.0 Å². The first-order chi connectivity index (χ1) is 12.3. The van der Waals surface area contributed by atoms with Crippen LogP contribution in [-0.4, -0.2) is 74.0 Å². The number of nitrogens with one attached hydrogen (secondary N) is 1. The molecule has 1 atom stereocenters. The first-order valence-electron chi connectivity index (χ1n) is 10.1. The van der Waals surface area contributed by atoms with Gasteiger partial charge in [0.05, 0.1) is 12.7 Å². The van der Waals surface area contributed by atoms with Crippen LogP contribution < -0.4 is 5.32 Å². The molecule has 0 bridgehead atoms. The third-order valence-corrected chi connectivity index (χ3v) is 7.14. The Morgan fingerprint density at radius 1 is 1.31 bits per heavy atom. The molecule has 1 unspecified atom stereocenters. The Bertz CT molecular complexity index is 421. The lowest BCUT2D eigenvalue weighted by Crippen LogP contribution is -2.53.